The minimum atomic E-state index is -0.0417. The lowest BCUT2D eigenvalue weighted by Crippen LogP contribution is -2.44. The van der Waals surface area contributed by atoms with Crippen molar-refractivity contribution in [1.82, 2.24) is 9.88 Å². The average molecular weight is 372 g/mol. The lowest BCUT2D eigenvalue weighted by molar-refractivity contribution is -0.113. The van der Waals surface area contributed by atoms with Crippen LogP contribution >= 0.6 is 11.8 Å². The van der Waals surface area contributed by atoms with Crippen LogP contribution in [0.25, 0.3) is 0 Å². The minimum Gasteiger partial charge on any atom is -0.497 e. The Labute approximate surface area is 158 Å². The van der Waals surface area contributed by atoms with Gasteiger partial charge >= 0.3 is 0 Å². The molecule has 1 aromatic heterocycles. The first-order chi connectivity index (χ1) is 12.6. The first kappa shape index (κ1) is 18.5. The molecule has 0 bridgehead atoms. The molecular weight excluding hydrogens is 348 g/mol. The van der Waals surface area contributed by atoms with Crippen molar-refractivity contribution in [2.75, 3.05) is 56.3 Å². The third kappa shape index (κ3) is 5.12. The number of ether oxygens (including phenoxy) is 1. The minimum absolute atomic E-state index is 0.0417. The Kier molecular flexibility index (Phi) is 6.35. The Bertz CT molecular complexity index is 713. The van der Waals surface area contributed by atoms with Crippen molar-refractivity contribution in [2.45, 2.75) is 4.90 Å². The molecule has 1 fully saturated rings. The van der Waals surface area contributed by atoms with Gasteiger partial charge in [-0.25, -0.2) is 4.98 Å². The van der Waals surface area contributed by atoms with E-state index in [0.29, 0.717) is 5.75 Å². The van der Waals surface area contributed by atoms with Gasteiger partial charge in [-0.1, -0.05) is 0 Å². The zero-order valence-electron chi connectivity index (χ0n) is 15.1. The number of carbonyl (C=O) groups excluding carboxylic acids is 1. The predicted molar refractivity (Wildman–Crippen MR) is 106 cm³/mol. The van der Waals surface area contributed by atoms with Crippen LogP contribution in [0.4, 0.5) is 11.5 Å². The van der Waals surface area contributed by atoms with Gasteiger partial charge in [-0.2, -0.15) is 0 Å². The number of pyridine rings is 1. The van der Waals surface area contributed by atoms with Gasteiger partial charge in [0.15, 0.2) is 0 Å². The van der Waals surface area contributed by atoms with E-state index in [1.807, 2.05) is 36.4 Å². The molecule has 1 amide bonds. The second-order valence-corrected chi connectivity index (χ2v) is 7.26. The first-order valence-electron chi connectivity index (χ1n) is 8.60. The highest BCUT2D eigenvalue weighted by atomic mass is 32.2. The number of piperazine rings is 1. The van der Waals surface area contributed by atoms with Gasteiger partial charge in [0, 0.05) is 31.1 Å². The molecule has 1 aliphatic rings. The van der Waals surface area contributed by atoms with Gasteiger partial charge in [0.05, 0.1) is 24.7 Å². The van der Waals surface area contributed by atoms with Gasteiger partial charge in [-0.15, -0.1) is 11.8 Å². The summed E-state index contributed by atoms with van der Waals surface area (Å²) in [6.07, 6.45) is 1.73. The van der Waals surface area contributed by atoms with E-state index in [4.69, 9.17) is 4.74 Å². The smallest absolute Gasteiger partial charge is 0.234 e. The fraction of sp³-hybridized carbons (Fsp3) is 0.368. The number of anilines is 2. The second kappa shape index (κ2) is 8.91. The third-order valence-corrected chi connectivity index (χ3v) is 5.30. The molecule has 1 aliphatic heterocycles. The highest BCUT2D eigenvalue weighted by Gasteiger charge is 2.15. The van der Waals surface area contributed by atoms with Gasteiger partial charge in [0.2, 0.25) is 5.91 Å². The molecule has 2 aromatic rings. The number of thioether (sulfide) groups is 1. The van der Waals surface area contributed by atoms with Crippen LogP contribution < -0.4 is 15.0 Å². The van der Waals surface area contributed by atoms with Crippen molar-refractivity contribution in [1.29, 1.82) is 0 Å². The number of likely N-dealkylation sites (N-methyl/N-ethyl adjacent to an activating group) is 1. The molecule has 1 N–H and O–H groups in total. The number of rotatable bonds is 6. The highest BCUT2D eigenvalue weighted by Crippen LogP contribution is 2.22. The van der Waals surface area contributed by atoms with E-state index >= 15 is 0 Å². The molecule has 0 spiro atoms. The zero-order chi connectivity index (χ0) is 18.4. The number of aromatic nitrogens is 1. The quantitative estimate of drug-likeness (QED) is 0.787. The van der Waals surface area contributed by atoms with Gasteiger partial charge in [-0.05, 0) is 43.4 Å². The zero-order valence-corrected chi connectivity index (χ0v) is 16.0. The topological polar surface area (TPSA) is 57.7 Å². The van der Waals surface area contributed by atoms with Crippen LogP contribution in [0.3, 0.4) is 0 Å². The lowest BCUT2D eigenvalue weighted by Gasteiger charge is -2.33. The monoisotopic (exact) mass is 372 g/mol. The molecule has 0 aliphatic carbocycles. The van der Waals surface area contributed by atoms with E-state index in [1.165, 1.54) is 11.8 Å². The van der Waals surface area contributed by atoms with Crippen molar-refractivity contribution < 1.29 is 9.53 Å². The molecule has 2 heterocycles. The summed E-state index contributed by atoms with van der Waals surface area (Å²) in [5.74, 6) is 2.08. The molecule has 138 valence electrons. The number of hydrogen-bond acceptors (Lipinski definition) is 6. The first-order valence-corrected chi connectivity index (χ1v) is 9.59. The molecule has 0 atom stereocenters. The number of amides is 1. The Morgan fingerprint density at radius 3 is 2.50 bits per heavy atom. The fourth-order valence-corrected chi connectivity index (χ4v) is 3.40. The molecule has 0 unspecified atom stereocenters. The number of hydrogen-bond donors (Lipinski definition) is 1. The summed E-state index contributed by atoms with van der Waals surface area (Å²) < 4.78 is 5.13. The lowest BCUT2D eigenvalue weighted by atomic mass is 10.3. The van der Waals surface area contributed by atoms with Crippen LogP contribution in [0.2, 0.25) is 0 Å². The largest absolute Gasteiger partial charge is 0.497 e. The Hall–Kier alpha value is -2.25. The molecule has 0 radical (unpaired) electrons. The standard InChI is InChI=1S/C19H24N4O2S/c1-22-9-11-23(12-10-22)18-8-3-15(13-20-18)21-19(24)14-26-17-6-4-16(25-2)5-7-17/h3-8,13H,9-12,14H2,1-2H3,(H,21,24). The highest BCUT2D eigenvalue weighted by molar-refractivity contribution is 8.00. The van der Waals surface area contributed by atoms with E-state index in [0.717, 1.165) is 48.3 Å². The van der Waals surface area contributed by atoms with E-state index < -0.39 is 0 Å². The maximum Gasteiger partial charge on any atom is 0.234 e. The summed E-state index contributed by atoms with van der Waals surface area (Å²) in [4.78, 5) is 22.2. The second-order valence-electron chi connectivity index (χ2n) is 6.21. The average Bonchev–Trinajstić information content (AvgIpc) is 2.68. The summed E-state index contributed by atoms with van der Waals surface area (Å²) >= 11 is 1.49. The van der Waals surface area contributed by atoms with Crippen LogP contribution in [-0.4, -0.2) is 61.9 Å². The molecule has 1 saturated heterocycles. The molecule has 7 heteroatoms. The molecule has 0 saturated carbocycles. The Morgan fingerprint density at radius 2 is 1.88 bits per heavy atom. The number of nitrogens with zero attached hydrogens (tertiary/aromatic N) is 3. The summed E-state index contributed by atoms with van der Waals surface area (Å²) in [5.41, 5.74) is 0.725. The number of nitrogens with one attached hydrogen (secondary N) is 1. The number of methoxy groups -OCH3 is 1. The maximum absolute atomic E-state index is 12.1. The van der Waals surface area contributed by atoms with Gasteiger partial charge in [0.1, 0.15) is 11.6 Å². The molecule has 1 aromatic carbocycles. The number of benzene rings is 1. The van der Waals surface area contributed by atoms with Gasteiger partial charge in [0.25, 0.3) is 0 Å². The third-order valence-electron chi connectivity index (χ3n) is 4.29. The fourth-order valence-electron chi connectivity index (χ4n) is 2.70. The number of carbonyl (C=O) groups is 1. The van der Waals surface area contributed by atoms with Crippen LogP contribution in [0.1, 0.15) is 0 Å². The van der Waals surface area contributed by atoms with Crippen molar-refractivity contribution in [3.05, 3.63) is 42.6 Å². The van der Waals surface area contributed by atoms with Crippen LogP contribution in [0.15, 0.2) is 47.5 Å². The van der Waals surface area contributed by atoms with Crippen molar-refractivity contribution in [3.8, 4) is 5.75 Å². The summed E-state index contributed by atoms with van der Waals surface area (Å²) in [5, 5.41) is 2.90. The normalized spacial score (nSPS) is 14.9. The van der Waals surface area contributed by atoms with E-state index in [1.54, 1.807) is 13.3 Å². The van der Waals surface area contributed by atoms with Gasteiger partial charge in [-0.3, -0.25) is 4.79 Å². The maximum atomic E-state index is 12.1. The molecule has 26 heavy (non-hydrogen) atoms. The van der Waals surface area contributed by atoms with Crippen LogP contribution in [0, 0.1) is 0 Å². The van der Waals surface area contributed by atoms with Crippen LogP contribution in [0.5, 0.6) is 5.75 Å². The molecular formula is C19H24N4O2S. The van der Waals surface area contributed by atoms with Crippen molar-refractivity contribution in [3.63, 3.8) is 0 Å². The Balaban J connectivity index is 1.47. The van der Waals surface area contributed by atoms with Gasteiger partial charge < -0.3 is 19.9 Å². The molecule has 3 rings (SSSR count). The Morgan fingerprint density at radius 1 is 1.15 bits per heavy atom. The van der Waals surface area contributed by atoms with Crippen molar-refractivity contribution in [2.24, 2.45) is 0 Å². The summed E-state index contributed by atoms with van der Waals surface area (Å²) in [6, 6.07) is 11.6. The predicted octanol–water partition coefficient (Wildman–Crippen LogP) is 2.57. The summed E-state index contributed by atoms with van der Waals surface area (Å²) in [6.45, 7) is 4.05. The molecule has 6 nitrogen and oxygen atoms in total. The van der Waals surface area contributed by atoms with Crippen LogP contribution in [-0.2, 0) is 4.79 Å². The van der Waals surface area contributed by atoms with E-state index in [2.05, 4.69) is 27.1 Å². The van der Waals surface area contributed by atoms with E-state index in [-0.39, 0.29) is 5.91 Å². The summed E-state index contributed by atoms with van der Waals surface area (Å²) in [7, 11) is 3.77. The van der Waals surface area contributed by atoms with Crippen molar-refractivity contribution >= 4 is 29.2 Å². The van der Waals surface area contributed by atoms with E-state index in [9.17, 15) is 4.79 Å². The SMILES string of the molecule is COc1ccc(SCC(=O)Nc2ccc(N3CCN(C)CC3)nc2)cc1.